The molecule has 0 N–H and O–H groups in total. The molecule has 134 valence electrons. The highest BCUT2D eigenvalue weighted by molar-refractivity contribution is 5.59. The molecule has 4 rings (SSSR count). The maximum Gasteiger partial charge on any atom is 0.143 e. The number of rotatable bonds is 5. The zero-order valence-electron chi connectivity index (χ0n) is 14.5. The van der Waals surface area contributed by atoms with Gasteiger partial charge in [-0.3, -0.25) is 4.98 Å². The Balaban J connectivity index is 1.66. The summed E-state index contributed by atoms with van der Waals surface area (Å²) in [5.41, 5.74) is 1.65. The number of benzene rings is 1. The molecule has 0 unspecified atom stereocenters. The SMILES string of the molecule is COc1ccc(F)c(-c2nccn2[C@@H]2COC[C@H]2Cc2ccncc2)c1. The molecule has 3 aromatic rings. The van der Waals surface area contributed by atoms with Gasteiger partial charge in [-0.05, 0) is 42.3 Å². The summed E-state index contributed by atoms with van der Waals surface area (Å²) >= 11 is 0. The van der Waals surface area contributed by atoms with E-state index in [1.807, 2.05) is 22.9 Å². The van der Waals surface area contributed by atoms with Crippen LogP contribution in [-0.2, 0) is 11.2 Å². The minimum Gasteiger partial charge on any atom is -0.497 e. The molecule has 3 heterocycles. The molecule has 2 atom stereocenters. The third-order valence-corrected chi connectivity index (χ3v) is 4.85. The second-order valence-electron chi connectivity index (χ2n) is 6.43. The van der Waals surface area contributed by atoms with Gasteiger partial charge in [-0.15, -0.1) is 0 Å². The molecule has 0 spiro atoms. The van der Waals surface area contributed by atoms with E-state index in [0.717, 1.165) is 6.42 Å². The Bertz CT molecular complexity index is 882. The van der Waals surface area contributed by atoms with Crippen molar-refractivity contribution in [1.82, 2.24) is 14.5 Å². The van der Waals surface area contributed by atoms with Gasteiger partial charge in [0.05, 0.1) is 31.9 Å². The molecule has 0 saturated carbocycles. The summed E-state index contributed by atoms with van der Waals surface area (Å²) in [6.07, 6.45) is 8.08. The monoisotopic (exact) mass is 353 g/mol. The van der Waals surface area contributed by atoms with Crippen molar-refractivity contribution in [2.45, 2.75) is 12.5 Å². The van der Waals surface area contributed by atoms with Gasteiger partial charge in [-0.1, -0.05) is 0 Å². The molecule has 2 aromatic heterocycles. The maximum absolute atomic E-state index is 14.4. The Morgan fingerprint density at radius 3 is 2.85 bits per heavy atom. The lowest BCUT2D eigenvalue weighted by Gasteiger charge is -2.21. The first kappa shape index (κ1) is 16.7. The van der Waals surface area contributed by atoms with Crippen molar-refractivity contribution >= 4 is 0 Å². The van der Waals surface area contributed by atoms with Crippen molar-refractivity contribution in [2.24, 2.45) is 5.92 Å². The standard InChI is InChI=1S/C20H20FN3O2/c1-25-16-2-3-18(21)17(11-16)20-23-8-9-24(20)19-13-26-12-15(19)10-14-4-6-22-7-5-14/h2-9,11,15,19H,10,12-13H2,1H3/t15-,19-/m1/s1. The summed E-state index contributed by atoms with van der Waals surface area (Å²) in [7, 11) is 1.57. The van der Waals surface area contributed by atoms with Gasteiger partial charge in [0.2, 0.25) is 0 Å². The quantitative estimate of drug-likeness (QED) is 0.704. The van der Waals surface area contributed by atoms with Crippen molar-refractivity contribution in [1.29, 1.82) is 0 Å². The van der Waals surface area contributed by atoms with E-state index >= 15 is 0 Å². The first-order valence-corrected chi connectivity index (χ1v) is 8.59. The largest absolute Gasteiger partial charge is 0.497 e. The van der Waals surface area contributed by atoms with Crippen LogP contribution in [0, 0.1) is 11.7 Å². The van der Waals surface area contributed by atoms with Gasteiger partial charge in [0.25, 0.3) is 0 Å². The lowest BCUT2D eigenvalue weighted by molar-refractivity contribution is 0.181. The van der Waals surface area contributed by atoms with Crippen molar-refractivity contribution in [2.75, 3.05) is 20.3 Å². The molecule has 0 bridgehead atoms. The number of methoxy groups -OCH3 is 1. The Morgan fingerprint density at radius 2 is 2.04 bits per heavy atom. The number of hydrogen-bond acceptors (Lipinski definition) is 4. The predicted molar refractivity (Wildman–Crippen MR) is 95.5 cm³/mol. The number of aromatic nitrogens is 3. The summed E-state index contributed by atoms with van der Waals surface area (Å²) in [6.45, 7) is 1.26. The van der Waals surface area contributed by atoms with Gasteiger partial charge in [-0.25, -0.2) is 9.37 Å². The van der Waals surface area contributed by atoms with Crippen LogP contribution in [0.1, 0.15) is 11.6 Å². The van der Waals surface area contributed by atoms with Crippen LogP contribution in [-0.4, -0.2) is 34.9 Å². The van der Waals surface area contributed by atoms with Gasteiger partial charge in [0.1, 0.15) is 17.4 Å². The molecule has 1 saturated heterocycles. The molecule has 5 nitrogen and oxygen atoms in total. The number of halogens is 1. The average Bonchev–Trinajstić information content (AvgIpc) is 3.32. The van der Waals surface area contributed by atoms with Crippen LogP contribution in [0.4, 0.5) is 4.39 Å². The van der Waals surface area contributed by atoms with Crippen molar-refractivity contribution in [3.8, 4) is 17.1 Å². The Labute approximate surface area is 151 Å². The zero-order chi connectivity index (χ0) is 17.9. The van der Waals surface area contributed by atoms with Gasteiger partial charge >= 0.3 is 0 Å². The van der Waals surface area contributed by atoms with Crippen LogP contribution in [0.3, 0.4) is 0 Å². The highest BCUT2D eigenvalue weighted by Crippen LogP contribution is 2.34. The Morgan fingerprint density at radius 1 is 1.19 bits per heavy atom. The third-order valence-electron chi connectivity index (χ3n) is 4.85. The molecule has 1 fully saturated rings. The molecule has 0 aliphatic carbocycles. The molecule has 6 heteroatoms. The number of ether oxygens (including phenoxy) is 2. The van der Waals surface area contributed by atoms with Crippen LogP contribution in [0.5, 0.6) is 5.75 Å². The fourth-order valence-corrected chi connectivity index (χ4v) is 3.50. The first-order valence-electron chi connectivity index (χ1n) is 8.59. The minimum atomic E-state index is -0.317. The molecular formula is C20H20FN3O2. The van der Waals surface area contributed by atoms with Gasteiger partial charge in [0, 0.05) is 30.7 Å². The normalized spacial score (nSPS) is 19.6. The Hall–Kier alpha value is -2.73. The van der Waals surface area contributed by atoms with Crippen molar-refractivity contribution in [3.63, 3.8) is 0 Å². The lowest BCUT2D eigenvalue weighted by Crippen LogP contribution is -2.20. The van der Waals surface area contributed by atoms with E-state index in [1.165, 1.54) is 11.6 Å². The van der Waals surface area contributed by atoms with E-state index in [9.17, 15) is 4.39 Å². The van der Waals surface area contributed by atoms with Crippen LogP contribution in [0.2, 0.25) is 0 Å². The summed E-state index contributed by atoms with van der Waals surface area (Å²) in [4.78, 5) is 8.48. The zero-order valence-corrected chi connectivity index (χ0v) is 14.5. The van der Waals surface area contributed by atoms with Crippen molar-refractivity contribution in [3.05, 3.63) is 66.5 Å². The van der Waals surface area contributed by atoms with E-state index in [0.29, 0.717) is 36.3 Å². The van der Waals surface area contributed by atoms with E-state index in [4.69, 9.17) is 9.47 Å². The maximum atomic E-state index is 14.4. The fourth-order valence-electron chi connectivity index (χ4n) is 3.50. The van der Waals surface area contributed by atoms with Gasteiger partial charge in [-0.2, -0.15) is 0 Å². The second-order valence-corrected chi connectivity index (χ2v) is 6.43. The van der Waals surface area contributed by atoms with Crippen molar-refractivity contribution < 1.29 is 13.9 Å². The minimum absolute atomic E-state index is 0.103. The molecule has 0 amide bonds. The first-order chi connectivity index (χ1) is 12.8. The number of pyridine rings is 1. The number of imidazole rings is 1. The summed E-state index contributed by atoms with van der Waals surface area (Å²) in [6, 6.07) is 8.84. The van der Waals surface area contributed by atoms with Gasteiger partial charge in [0.15, 0.2) is 0 Å². The molecular weight excluding hydrogens is 333 g/mol. The smallest absolute Gasteiger partial charge is 0.143 e. The number of hydrogen-bond donors (Lipinski definition) is 0. The van der Waals surface area contributed by atoms with Crippen LogP contribution < -0.4 is 4.74 Å². The average molecular weight is 353 g/mol. The topological polar surface area (TPSA) is 49.2 Å². The highest BCUT2D eigenvalue weighted by Gasteiger charge is 2.31. The molecule has 1 aliphatic rings. The fraction of sp³-hybridized carbons (Fsp3) is 0.300. The van der Waals surface area contributed by atoms with Gasteiger partial charge < -0.3 is 14.0 Å². The number of nitrogens with zero attached hydrogens (tertiary/aromatic N) is 3. The van der Waals surface area contributed by atoms with E-state index in [2.05, 4.69) is 9.97 Å². The lowest BCUT2D eigenvalue weighted by atomic mass is 9.95. The van der Waals surface area contributed by atoms with E-state index in [1.54, 1.807) is 37.8 Å². The van der Waals surface area contributed by atoms with E-state index in [-0.39, 0.29) is 11.9 Å². The van der Waals surface area contributed by atoms with Crippen LogP contribution >= 0.6 is 0 Å². The van der Waals surface area contributed by atoms with E-state index < -0.39 is 0 Å². The third kappa shape index (κ3) is 3.20. The molecule has 26 heavy (non-hydrogen) atoms. The molecule has 0 radical (unpaired) electrons. The Kier molecular flexibility index (Phi) is 4.67. The predicted octanol–water partition coefficient (Wildman–Crippen LogP) is 3.52. The summed E-state index contributed by atoms with van der Waals surface area (Å²) < 4.78 is 27.4. The van der Waals surface area contributed by atoms with Crippen LogP contribution in [0.15, 0.2) is 55.1 Å². The van der Waals surface area contributed by atoms with Crippen LogP contribution in [0.25, 0.3) is 11.4 Å². The second kappa shape index (κ2) is 7.25. The summed E-state index contributed by atoms with van der Waals surface area (Å²) in [5, 5.41) is 0. The highest BCUT2D eigenvalue weighted by atomic mass is 19.1. The molecule has 1 aliphatic heterocycles. The summed E-state index contributed by atoms with van der Waals surface area (Å²) in [5.74, 6) is 1.17. The molecule has 1 aromatic carbocycles.